The van der Waals surface area contributed by atoms with Crippen molar-refractivity contribution in [2.75, 3.05) is 50.5 Å². The summed E-state index contributed by atoms with van der Waals surface area (Å²) in [6.45, 7) is 5.97. The fraction of sp³-hybridized carbons (Fsp3) is 0.667. The first kappa shape index (κ1) is 14.1. The summed E-state index contributed by atoms with van der Waals surface area (Å²) in [7, 11) is 2.11. The molecule has 2 rings (SSSR count). The third-order valence-electron chi connectivity index (χ3n) is 3.19. The minimum Gasteiger partial charge on any atom is -0.462 e. The van der Waals surface area contributed by atoms with Crippen LogP contribution in [-0.2, 0) is 4.74 Å². The first-order valence-electron chi connectivity index (χ1n) is 6.49. The van der Waals surface area contributed by atoms with Crippen LogP contribution in [0.2, 0.25) is 0 Å². The number of nitrogens with zero attached hydrogens (tertiary/aromatic N) is 3. The fourth-order valence-electron chi connectivity index (χ4n) is 2.15. The molecular formula is C12H20N4O2S. The summed E-state index contributed by atoms with van der Waals surface area (Å²) in [4.78, 5) is 16.4. The Hall–Kier alpha value is -1.34. The highest BCUT2D eigenvalue weighted by Crippen LogP contribution is 2.31. The van der Waals surface area contributed by atoms with Gasteiger partial charge in [0.25, 0.3) is 0 Å². The molecule has 2 heterocycles. The van der Waals surface area contributed by atoms with Crippen LogP contribution >= 0.6 is 11.5 Å². The number of esters is 1. The molecule has 106 valence electrons. The van der Waals surface area contributed by atoms with Crippen molar-refractivity contribution in [3.05, 3.63) is 5.56 Å². The van der Waals surface area contributed by atoms with Crippen LogP contribution in [0.15, 0.2) is 0 Å². The first-order valence-corrected chi connectivity index (χ1v) is 7.26. The molecular weight excluding hydrogens is 264 g/mol. The Bertz CT molecular complexity index is 449. The number of rotatable bonds is 3. The topological polar surface area (TPSA) is 71.7 Å². The van der Waals surface area contributed by atoms with Crippen molar-refractivity contribution < 1.29 is 9.53 Å². The van der Waals surface area contributed by atoms with Crippen molar-refractivity contribution in [1.29, 1.82) is 0 Å². The minimum absolute atomic E-state index is 0.274. The van der Waals surface area contributed by atoms with Crippen molar-refractivity contribution in [1.82, 2.24) is 9.27 Å². The average molecular weight is 284 g/mol. The second kappa shape index (κ2) is 6.21. The van der Waals surface area contributed by atoms with Crippen LogP contribution in [0.5, 0.6) is 0 Å². The molecule has 0 aliphatic carbocycles. The normalized spacial score (nSPS) is 17.3. The molecule has 0 atom stereocenters. The van der Waals surface area contributed by atoms with Gasteiger partial charge >= 0.3 is 5.97 Å². The molecule has 0 aromatic carbocycles. The number of carbonyl (C=O) groups excluding carboxylic acids is 1. The molecule has 1 aromatic heterocycles. The van der Waals surface area contributed by atoms with Crippen LogP contribution in [0.4, 0.5) is 10.8 Å². The van der Waals surface area contributed by atoms with E-state index in [0.717, 1.165) is 37.6 Å². The van der Waals surface area contributed by atoms with Gasteiger partial charge in [0, 0.05) is 19.6 Å². The Morgan fingerprint density at radius 1 is 1.42 bits per heavy atom. The van der Waals surface area contributed by atoms with Crippen LogP contribution in [0.3, 0.4) is 0 Å². The van der Waals surface area contributed by atoms with E-state index in [0.29, 0.717) is 12.2 Å². The molecule has 1 saturated heterocycles. The Labute approximate surface area is 117 Å². The monoisotopic (exact) mass is 284 g/mol. The number of hydrogen-bond donors (Lipinski definition) is 1. The zero-order valence-corrected chi connectivity index (χ0v) is 12.2. The van der Waals surface area contributed by atoms with Gasteiger partial charge in [-0.3, -0.25) is 0 Å². The highest BCUT2D eigenvalue weighted by molar-refractivity contribution is 7.11. The lowest BCUT2D eigenvalue weighted by Crippen LogP contribution is -2.29. The zero-order valence-electron chi connectivity index (χ0n) is 11.4. The maximum atomic E-state index is 12.0. The van der Waals surface area contributed by atoms with Gasteiger partial charge in [0.05, 0.1) is 6.61 Å². The van der Waals surface area contributed by atoms with Gasteiger partial charge in [-0.1, -0.05) is 0 Å². The van der Waals surface area contributed by atoms with Crippen LogP contribution in [-0.4, -0.2) is 55.1 Å². The number of anilines is 2. The molecule has 0 saturated carbocycles. The predicted octanol–water partition coefficient (Wildman–Crippen LogP) is 1.04. The van der Waals surface area contributed by atoms with Crippen LogP contribution in [0.1, 0.15) is 23.7 Å². The third kappa shape index (κ3) is 3.16. The van der Waals surface area contributed by atoms with E-state index in [1.54, 1.807) is 6.92 Å². The standard InChI is InChI=1S/C12H20N4O2S/c1-3-18-12(17)9-10(13)14-19-11(9)16-6-4-5-15(2)7-8-16/h3-8H2,1-2H3,(H2,13,14). The molecule has 7 heteroatoms. The maximum Gasteiger partial charge on any atom is 0.345 e. The summed E-state index contributed by atoms with van der Waals surface area (Å²) in [6.07, 6.45) is 1.07. The molecule has 0 unspecified atom stereocenters. The fourth-order valence-corrected chi connectivity index (χ4v) is 3.01. The van der Waals surface area contributed by atoms with Crippen molar-refractivity contribution in [2.24, 2.45) is 0 Å². The van der Waals surface area contributed by atoms with Crippen LogP contribution < -0.4 is 10.6 Å². The van der Waals surface area contributed by atoms with Crippen molar-refractivity contribution >= 4 is 28.3 Å². The van der Waals surface area contributed by atoms with E-state index in [1.807, 2.05) is 0 Å². The van der Waals surface area contributed by atoms with E-state index >= 15 is 0 Å². The Morgan fingerprint density at radius 3 is 2.95 bits per heavy atom. The van der Waals surface area contributed by atoms with E-state index < -0.39 is 0 Å². The van der Waals surface area contributed by atoms with E-state index in [4.69, 9.17) is 10.5 Å². The molecule has 0 amide bonds. The van der Waals surface area contributed by atoms with Gasteiger partial charge in [-0.25, -0.2) is 4.79 Å². The lowest BCUT2D eigenvalue weighted by molar-refractivity contribution is 0.0528. The summed E-state index contributed by atoms with van der Waals surface area (Å²) in [5, 5.41) is 0.839. The predicted molar refractivity (Wildman–Crippen MR) is 76.8 cm³/mol. The zero-order chi connectivity index (χ0) is 13.8. The summed E-state index contributed by atoms with van der Waals surface area (Å²) in [5.41, 5.74) is 6.23. The van der Waals surface area contributed by atoms with E-state index in [2.05, 4.69) is 21.2 Å². The van der Waals surface area contributed by atoms with Gasteiger partial charge in [-0.05, 0) is 38.5 Å². The summed E-state index contributed by atoms with van der Waals surface area (Å²) in [6, 6.07) is 0. The van der Waals surface area contributed by atoms with Gasteiger partial charge in [0.15, 0.2) is 5.82 Å². The number of likely N-dealkylation sites (N-methyl/N-ethyl adjacent to an activating group) is 1. The number of hydrogen-bond acceptors (Lipinski definition) is 7. The average Bonchev–Trinajstić information content (AvgIpc) is 2.62. The second-order valence-corrected chi connectivity index (χ2v) is 5.36. The highest BCUT2D eigenvalue weighted by Gasteiger charge is 2.25. The Kier molecular flexibility index (Phi) is 4.60. The van der Waals surface area contributed by atoms with Gasteiger partial charge in [0.1, 0.15) is 10.6 Å². The van der Waals surface area contributed by atoms with Gasteiger partial charge < -0.3 is 20.3 Å². The number of carbonyl (C=O) groups is 1. The smallest absolute Gasteiger partial charge is 0.345 e. The van der Waals surface area contributed by atoms with E-state index in [-0.39, 0.29) is 11.8 Å². The lowest BCUT2D eigenvalue weighted by atomic mass is 10.3. The molecule has 19 heavy (non-hydrogen) atoms. The highest BCUT2D eigenvalue weighted by atomic mass is 32.1. The van der Waals surface area contributed by atoms with Crippen molar-refractivity contribution in [2.45, 2.75) is 13.3 Å². The third-order valence-corrected chi connectivity index (χ3v) is 4.11. The van der Waals surface area contributed by atoms with Gasteiger partial charge in [-0.2, -0.15) is 4.37 Å². The molecule has 2 N–H and O–H groups in total. The van der Waals surface area contributed by atoms with E-state index in [9.17, 15) is 4.79 Å². The summed E-state index contributed by atoms with van der Waals surface area (Å²) >= 11 is 1.28. The lowest BCUT2D eigenvalue weighted by Gasteiger charge is -2.21. The molecule has 0 bridgehead atoms. The Balaban J connectivity index is 2.22. The number of ether oxygens (including phenoxy) is 1. The SMILES string of the molecule is CCOC(=O)c1c(N)nsc1N1CCCN(C)CC1. The van der Waals surface area contributed by atoms with Gasteiger partial charge in [0.2, 0.25) is 0 Å². The molecule has 1 aromatic rings. The summed E-state index contributed by atoms with van der Waals surface area (Å²) in [5.74, 6) is -0.0996. The number of aromatic nitrogens is 1. The summed E-state index contributed by atoms with van der Waals surface area (Å²) < 4.78 is 9.17. The Morgan fingerprint density at radius 2 is 2.21 bits per heavy atom. The van der Waals surface area contributed by atoms with Crippen LogP contribution in [0.25, 0.3) is 0 Å². The number of nitrogen functional groups attached to an aromatic ring is 1. The largest absolute Gasteiger partial charge is 0.462 e. The molecule has 0 radical (unpaired) electrons. The van der Waals surface area contributed by atoms with E-state index in [1.165, 1.54) is 11.5 Å². The second-order valence-electron chi connectivity index (χ2n) is 4.61. The quantitative estimate of drug-likeness (QED) is 0.836. The molecule has 6 nitrogen and oxygen atoms in total. The first-order chi connectivity index (χ1) is 9.13. The molecule has 1 fully saturated rings. The van der Waals surface area contributed by atoms with Gasteiger partial charge in [-0.15, -0.1) is 0 Å². The molecule has 1 aliphatic rings. The molecule has 1 aliphatic heterocycles. The maximum absolute atomic E-state index is 12.0. The molecule has 0 spiro atoms. The van der Waals surface area contributed by atoms with Crippen molar-refractivity contribution in [3.8, 4) is 0 Å². The number of nitrogens with two attached hydrogens (primary N) is 1. The van der Waals surface area contributed by atoms with Crippen molar-refractivity contribution in [3.63, 3.8) is 0 Å². The minimum atomic E-state index is -0.374. The van der Waals surface area contributed by atoms with Crippen LogP contribution in [0, 0.1) is 0 Å².